The van der Waals surface area contributed by atoms with E-state index in [1.165, 1.54) is 0 Å². The Bertz CT molecular complexity index is 843. The largest absolute Gasteiger partial charge is 0.345 e. The minimum absolute atomic E-state index is 0.0728. The summed E-state index contributed by atoms with van der Waals surface area (Å²) in [5.74, 6) is -0.504. The second-order valence-corrected chi connectivity index (χ2v) is 7.42. The first-order valence-corrected chi connectivity index (χ1v) is 9.69. The molecule has 1 aliphatic rings. The van der Waals surface area contributed by atoms with Crippen molar-refractivity contribution in [2.24, 2.45) is 0 Å². The lowest BCUT2D eigenvalue weighted by molar-refractivity contribution is 0.0924. The third-order valence-corrected chi connectivity index (χ3v) is 5.44. The normalized spacial score (nSPS) is 20.0. The van der Waals surface area contributed by atoms with Crippen LogP contribution < -0.4 is 21.3 Å². The van der Waals surface area contributed by atoms with Gasteiger partial charge in [0, 0.05) is 25.7 Å². The summed E-state index contributed by atoms with van der Waals surface area (Å²) in [6, 6.07) is 6.75. The first-order chi connectivity index (χ1) is 13.0. The molecule has 2 aromatic rings. The van der Waals surface area contributed by atoms with Crippen molar-refractivity contribution in [2.75, 3.05) is 25.0 Å². The van der Waals surface area contributed by atoms with Gasteiger partial charge in [-0.15, -0.1) is 0 Å². The monoisotopic (exact) mass is 454 g/mol. The molecule has 2 atom stereocenters. The molecule has 0 spiro atoms. The van der Waals surface area contributed by atoms with Crippen LogP contribution >= 0.6 is 27.5 Å². The molecule has 2 unspecified atom stereocenters. The van der Waals surface area contributed by atoms with Crippen molar-refractivity contribution in [1.82, 2.24) is 26.1 Å². The Hall–Kier alpha value is -1.94. The van der Waals surface area contributed by atoms with Crippen molar-refractivity contribution in [3.8, 4) is 0 Å². The Morgan fingerprint density at radius 3 is 2.81 bits per heavy atom. The van der Waals surface area contributed by atoms with Gasteiger partial charge in [-0.1, -0.05) is 23.7 Å². The Morgan fingerprint density at radius 2 is 2.04 bits per heavy atom. The van der Waals surface area contributed by atoms with Crippen molar-refractivity contribution in [3.05, 3.63) is 45.0 Å². The molecule has 1 fully saturated rings. The maximum atomic E-state index is 12.6. The van der Waals surface area contributed by atoms with E-state index in [0.29, 0.717) is 21.6 Å². The summed E-state index contributed by atoms with van der Waals surface area (Å²) in [6.07, 6.45) is 0. The third kappa shape index (κ3) is 4.67. The van der Waals surface area contributed by atoms with Crippen LogP contribution in [0.4, 0.5) is 5.82 Å². The summed E-state index contributed by atoms with van der Waals surface area (Å²) in [5.41, 5.74) is 0.561. The number of benzene rings is 1. The number of H-pyrrole nitrogens is 1. The minimum atomic E-state index is -0.412. The van der Waals surface area contributed by atoms with Crippen molar-refractivity contribution >= 4 is 45.2 Å². The van der Waals surface area contributed by atoms with Gasteiger partial charge < -0.3 is 21.3 Å². The molecule has 27 heavy (non-hydrogen) atoms. The average molecular weight is 456 g/mol. The van der Waals surface area contributed by atoms with Gasteiger partial charge in [0.05, 0.1) is 21.1 Å². The van der Waals surface area contributed by atoms with Gasteiger partial charge in [-0.25, -0.2) is 0 Å². The maximum Gasteiger partial charge on any atom is 0.270 e. The summed E-state index contributed by atoms with van der Waals surface area (Å²) in [6.45, 7) is 4.39. The molecule has 2 amide bonds. The van der Waals surface area contributed by atoms with E-state index in [1.807, 2.05) is 6.92 Å². The summed E-state index contributed by atoms with van der Waals surface area (Å²) in [7, 11) is 0. The zero-order valence-electron chi connectivity index (χ0n) is 14.6. The molecule has 8 nitrogen and oxygen atoms in total. The number of rotatable bonds is 4. The van der Waals surface area contributed by atoms with Gasteiger partial charge in [-0.3, -0.25) is 14.7 Å². The van der Waals surface area contributed by atoms with E-state index in [-0.39, 0.29) is 29.5 Å². The van der Waals surface area contributed by atoms with Gasteiger partial charge in [0.1, 0.15) is 5.69 Å². The Labute approximate surface area is 169 Å². The number of carbonyl (C=O) groups excluding carboxylic acids is 2. The number of nitrogens with zero attached hydrogens (tertiary/aromatic N) is 1. The quantitative estimate of drug-likeness (QED) is 0.482. The number of aromatic amines is 1. The van der Waals surface area contributed by atoms with Gasteiger partial charge in [0.2, 0.25) is 0 Å². The first-order valence-electron chi connectivity index (χ1n) is 8.52. The van der Waals surface area contributed by atoms with Crippen LogP contribution in [0.5, 0.6) is 0 Å². The second-order valence-electron chi connectivity index (χ2n) is 6.22. The van der Waals surface area contributed by atoms with Crippen molar-refractivity contribution in [2.45, 2.75) is 19.0 Å². The molecule has 3 rings (SSSR count). The molecule has 1 aromatic carbocycles. The molecule has 0 aliphatic carbocycles. The van der Waals surface area contributed by atoms with Gasteiger partial charge in [-0.2, -0.15) is 5.10 Å². The molecule has 0 bridgehead atoms. The SMILES string of the molecule is CC1NCCNCC1NC(=O)c1[nH]nc(NC(=O)c2ccccc2Cl)c1Br. The highest BCUT2D eigenvalue weighted by atomic mass is 79.9. The van der Waals surface area contributed by atoms with E-state index in [2.05, 4.69) is 47.4 Å². The highest BCUT2D eigenvalue weighted by Gasteiger charge is 2.25. The van der Waals surface area contributed by atoms with Gasteiger partial charge in [0.25, 0.3) is 11.8 Å². The molecule has 1 aromatic heterocycles. The highest BCUT2D eigenvalue weighted by molar-refractivity contribution is 9.10. The molecule has 144 valence electrons. The molecule has 1 saturated heterocycles. The number of halogens is 2. The van der Waals surface area contributed by atoms with Gasteiger partial charge >= 0.3 is 0 Å². The molecule has 5 N–H and O–H groups in total. The fourth-order valence-corrected chi connectivity index (χ4v) is 3.44. The topological polar surface area (TPSA) is 111 Å². The van der Waals surface area contributed by atoms with E-state index >= 15 is 0 Å². The third-order valence-electron chi connectivity index (χ3n) is 4.34. The average Bonchev–Trinajstić information content (AvgIpc) is 2.88. The first kappa shape index (κ1) is 19.8. The number of hydrogen-bond acceptors (Lipinski definition) is 5. The summed E-state index contributed by atoms with van der Waals surface area (Å²) >= 11 is 9.37. The molecule has 1 aliphatic heterocycles. The van der Waals surface area contributed by atoms with Gasteiger partial charge in [-0.05, 0) is 35.0 Å². The minimum Gasteiger partial charge on any atom is -0.345 e. The lowest BCUT2D eigenvalue weighted by Gasteiger charge is -2.22. The van der Waals surface area contributed by atoms with Crippen LogP contribution in [0, 0.1) is 0 Å². The maximum absolute atomic E-state index is 12.6. The van der Waals surface area contributed by atoms with Crippen molar-refractivity contribution < 1.29 is 9.59 Å². The Kier molecular flexibility index (Phi) is 6.48. The molecule has 0 saturated carbocycles. The molecule has 0 radical (unpaired) electrons. The fourth-order valence-electron chi connectivity index (χ4n) is 2.76. The lowest BCUT2D eigenvalue weighted by Crippen LogP contribution is -2.50. The van der Waals surface area contributed by atoms with Gasteiger partial charge in [0.15, 0.2) is 5.82 Å². The number of hydrogen-bond donors (Lipinski definition) is 5. The van der Waals surface area contributed by atoms with Crippen LogP contribution in [0.15, 0.2) is 28.7 Å². The van der Waals surface area contributed by atoms with Crippen molar-refractivity contribution in [1.29, 1.82) is 0 Å². The fraction of sp³-hybridized carbons (Fsp3) is 0.353. The highest BCUT2D eigenvalue weighted by Crippen LogP contribution is 2.25. The predicted molar refractivity (Wildman–Crippen MR) is 107 cm³/mol. The van der Waals surface area contributed by atoms with Crippen LogP contribution in [0.1, 0.15) is 27.8 Å². The molecular formula is C17H20BrClN6O2. The van der Waals surface area contributed by atoms with E-state index in [9.17, 15) is 9.59 Å². The van der Waals surface area contributed by atoms with E-state index < -0.39 is 5.91 Å². The molecule has 2 heterocycles. The zero-order chi connectivity index (χ0) is 19.4. The van der Waals surface area contributed by atoms with Crippen LogP contribution in [-0.2, 0) is 0 Å². The number of amides is 2. The van der Waals surface area contributed by atoms with E-state index in [1.54, 1.807) is 24.3 Å². The van der Waals surface area contributed by atoms with Crippen LogP contribution in [0.2, 0.25) is 5.02 Å². The standard InChI is InChI=1S/C17H20BrClN6O2/c1-9-12(8-20-6-7-21-9)22-17(27)14-13(18)15(25-24-14)23-16(26)10-4-2-3-5-11(10)19/h2-5,9,12,20-21H,6-8H2,1H3,(H,22,27)(H2,23,24,25,26). The summed E-state index contributed by atoms with van der Waals surface area (Å²) in [4.78, 5) is 25.0. The van der Waals surface area contributed by atoms with E-state index in [0.717, 1.165) is 13.1 Å². The van der Waals surface area contributed by atoms with Crippen LogP contribution in [-0.4, -0.2) is 53.7 Å². The lowest BCUT2D eigenvalue weighted by atomic mass is 10.1. The number of anilines is 1. The number of carbonyl (C=O) groups is 2. The number of nitrogens with one attached hydrogen (secondary N) is 5. The van der Waals surface area contributed by atoms with Crippen LogP contribution in [0.25, 0.3) is 0 Å². The number of aromatic nitrogens is 2. The Balaban J connectivity index is 1.70. The Morgan fingerprint density at radius 1 is 1.26 bits per heavy atom. The smallest absolute Gasteiger partial charge is 0.270 e. The van der Waals surface area contributed by atoms with Crippen LogP contribution in [0.3, 0.4) is 0 Å². The zero-order valence-corrected chi connectivity index (χ0v) is 16.9. The summed E-state index contributed by atoms with van der Waals surface area (Å²) in [5, 5.41) is 19.3. The second kappa shape index (κ2) is 8.83. The van der Waals surface area contributed by atoms with E-state index in [4.69, 9.17) is 11.6 Å². The van der Waals surface area contributed by atoms with Crippen molar-refractivity contribution in [3.63, 3.8) is 0 Å². The molecule has 10 heteroatoms. The molecular weight excluding hydrogens is 436 g/mol. The predicted octanol–water partition coefficient (Wildman–Crippen LogP) is 1.76. The summed E-state index contributed by atoms with van der Waals surface area (Å²) < 4.78 is 0.377.